The number of benzene rings is 2. The summed E-state index contributed by atoms with van der Waals surface area (Å²) in [6.45, 7) is 0. The number of nitrogen functional groups attached to an aromatic ring is 2. The second kappa shape index (κ2) is 3.83. The molecular weight excluding hydrogens is 208 g/mol. The lowest BCUT2D eigenvalue weighted by molar-refractivity contribution is 1.60. The molecule has 0 bridgehead atoms. The maximum Gasteiger partial charge on any atom is 0.0413 e. The van der Waals surface area contributed by atoms with Crippen molar-refractivity contribution in [1.29, 1.82) is 0 Å². The number of hydrogen-bond donors (Lipinski definition) is 2. The van der Waals surface area contributed by atoms with Crippen LogP contribution in [0.5, 0.6) is 0 Å². The lowest BCUT2D eigenvalue weighted by Gasteiger charge is -2.08. The highest BCUT2D eigenvalue weighted by Crippen LogP contribution is 2.32. The van der Waals surface area contributed by atoms with Gasteiger partial charge in [-0.15, -0.1) is 0 Å². The third-order valence-electron chi connectivity index (χ3n) is 2.27. The van der Waals surface area contributed by atoms with Gasteiger partial charge in [-0.05, 0) is 24.3 Å². The van der Waals surface area contributed by atoms with Gasteiger partial charge >= 0.3 is 0 Å². The number of nitrogens with two attached hydrogens (primary N) is 2. The van der Waals surface area contributed by atoms with E-state index in [4.69, 9.17) is 23.1 Å². The molecule has 0 unspecified atom stereocenters. The van der Waals surface area contributed by atoms with Crippen LogP contribution in [0.2, 0.25) is 5.02 Å². The Balaban J connectivity index is 2.64. The van der Waals surface area contributed by atoms with Crippen LogP contribution in [0.25, 0.3) is 11.1 Å². The zero-order valence-corrected chi connectivity index (χ0v) is 8.83. The summed E-state index contributed by atoms with van der Waals surface area (Å²) in [4.78, 5) is 0. The van der Waals surface area contributed by atoms with E-state index in [2.05, 4.69) is 0 Å². The Labute approximate surface area is 93.5 Å². The van der Waals surface area contributed by atoms with Crippen molar-refractivity contribution in [1.82, 2.24) is 0 Å². The van der Waals surface area contributed by atoms with Crippen molar-refractivity contribution in [3.8, 4) is 11.1 Å². The molecule has 2 aromatic carbocycles. The Hall–Kier alpha value is -1.67. The fourth-order valence-corrected chi connectivity index (χ4v) is 1.68. The van der Waals surface area contributed by atoms with E-state index in [0.717, 1.165) is 11.1 Å². The Kier molecular flexibility index (Phi) is 2.52. The molecule has 0 amide bonds. The highest BCUT2D eigenvalue weighted by atomic mass is 35.5. The van der Waals surface area contributed by atoms with Crippen molar-refractivity contribution in [2.24, 2.45) is 0 Å². The molecule has 3 heteroatoms. The molecule has 15 heavy (non-hydrogen) atoms. The van der Waals surface area contributed by atoms with Gasteiger partial charge in [0.15, 0.2) is 0 Å². The van der Waals surface area contributed by atoms with E-state index in [1.165, 1.54) is 0 Å². The molecule has 0 saturated heterocycles. The summed E-state index contributed by atoms with van der Waals surface area (Å²) < 4.78 is 0. The average molecular weight is 219 g/mol. The third kappa shape index (κ3) is 1.90. The molecule has 0 aliphatic carbocycles. The smallest absolute Gasteiger partial charge is 0.0413 e. The summed E-state index contributed by atoms with van der Waals surface area (Å²) in [6, 6.07) is 12.9. The van der Waals surface area contributed by atoms with Crippen LogP contribution < -0.4 is 11.5 Å². The van der Waals surface area contributed by atoms with Crippen molar-refractivity contribution in [3.05, 3.63) is 47.5 Å². The van der Waals surface area contributed by atoms with E-state index >= 15 is 0 Å². The maximum atomic E-state index is 5.92. The van der Waals surface area contributed by atoms with Gasteiger partial charge in [-0.25, -0.2) is 0 Å². The summed E-state index contributed by atoms with van der Waals surface area (Å²) in [5, 5.41) is 0.655. The number of hydrogen-bond acceptors (Lipinski definition) is 2. The van der Waals surface area contributed by atoms with Gasteiger partial charge < -0.3 is 11.5 Å². The van der Waals surface area contributed by atoms with Gasteiger partial charge in [0.25, 0.3) is 0 Å². The molecule has 0 aromatic heterocycles. The second-order valence-electron chi connectivity index (χ2n) is 3.32. The second-order valence-corrected chi connectivity index (χ2v) is 3.76. The molecule has 0 atom stereocenters. The number of rotatable bonds is 1. The Morgan fingerprint density at radius 2 is 1.47 bits per heavy atom. The van der Waals surface area contributed by atoms with Crippen LogP contribution in [-0.2, 0) is 0 Å². The van der Waals surface area contributed by atoms with Crippen molar-refractivity contribution in [2.75, 3.05) is 11.5 Å². The molecule has 0 fully saturated rings. The standard InChI is InChI=1S/C12H11ClN2/c13-8-5-6-12(15)10(7-8)9-3-1-2-4-11(9)14/h1-7H,14-15H2. The van der Waals surface area contributed by atoms with Gasteiger partial charge in [-0.2, -0.15) is 0 Å². The first-order valence-electron chi connectivity index (χ1n) is 4.58. The summed E-state index contributed by atoms with van der Waals surface area (Å²) >= 11 is 5.92. The minimum Gasteiger partial charge on any atom is -0.398 e. The van der Waals surface area contributed by atoms with Gasteiger partial charge in [-0.1, -0.05) is 29.8 Å². The fourth-order valence-electron chi connectivity index (χ4n) is 1.50. The quantitative estimate of drug-likeness (QED) is 0.723. The largest absolute Gasteiger partial charge is 0.398 e. The minimum absolute atomic E-state index is 0.655. The monoisotopic (exact) mass is 218 g/mol. The van der Waals surface area contributed by atoms with Crippen LogP contribution in [0.15, 0.2) is 42.5 Å². The average Bonchev–Trinajstić information content (AvgIpc) is 2.23. The van der Waals surface area contributed by atoms with E-state index < -0.39 is 0 Å². The Morgan fingerprint density at radius 1 is 0.800 bits per heavy atom. The van der Waals surface area contributed by atoms with E-state index in [-0.39, 0.29) is 0 Å². The molecule has 4 N–H and O–H groups in total. The molecule has 0 aliphatic heterocycles. The maximum absolute atomic E-state index is 5.92. The highest BCUT2D eigenvalue weighted by Gasteiger charge is 2.05. The minimum atomic E-state index is 0.655. The van der Waals surface area contributed by atoms with E-state index in [1.807, 2.05) is 30.3 Å². The molecule has 0 spiro atoms. The van der Waals surface area contributed by atoms with Crippen molar-refractivity contribution in [2.45, 2.75) is 0 Å². The fraction of sp³-hybridized carbons (Fsp3) is 0. The van der Waals surface area contributed by atoms with E-state index in [9.17, 15) is 0 Å². The lowest BCUT2D eigenvalue weighted by atomic mass is 10.0. The van der Waals surface area contributed by atoms with Gasteiger partial charge in [-0.3, -0.25) is 0 Å². The van der Waals surface area contributed by atoms with Crippen LogP contribution in [0.1, 0.15) is 0 Å². The molecular formula is C12H11ClN2. The van der Waals surface area contributed by atoms with Crippen LogP contribution >= 0.6 is 11.6 Å². The van der Waals surface area contributed by atoms with Gasteiger partial charge in [0.05, 0.1) is 0 Å². The summed E-state index contributed by atoms with van der Waals surface area (Å²) in [7, 11) is 0. The summed E-state index contributed by atoms with van der Waals surface area (Å²) in [6.07, 6.45) is 0. The molecule has 0 aliphatic rings. The predicted molar refractivity (Wildman–Crippen MR) is 65.7 cm³/mol. The molecule has 0 heterocycles. The molecule has 76 valence electrons. The molecule has 0 saturated carbocycles. The number of halogens is 1. The molecule has 0 radical (unpaired) electrons. The first-order chi connectivity index (χ1) is 7.18. The van der Waals surface area contributed by atoms with Crippen LogP contribution in [0, 0.1) is 0 Å². The van der Waals surface area contributed by atoms with Crippen molar-refractivity contribution in [3.63, 3.8) is 0 Å². The van der Waals surface area contributed by atoms with Crippen LogP contribution in [0.3, 0.4) is 0 Å². The zero-order chi connectivity index (χ0) is 10.8. The molecule has 2 aromatic rings. The number of para-hydroxylation sites is 1. The first-order valence-corrected chi connectivity index (χ1v) is 4.96. The van der Waals surface area contributed by atoms with Crippen molar-refractivity contribution >= 4 is 23.0 Å². The van der Waals surface area contributed by atoms with Crippen LogP contribution in [0.4, 0.5) is 11.4 Å². The number of anilines is 2. The molecule has 2 rings (SSSR count). The van der Waals surface area contributed by atoms with E-state index in [1.54, 1.807) is 12.1 Å². The topological polar surface area (TPSA) is 52.0 Å². The van der Waals surface area contributed by atoms with Crippen LogP contribution in [-0.4, -0.2) is 0 Å². The van der Waals surface area contributed by atoms with Gasteiger partial charge in [0, 0.05) is 27.5 Å². The summed E-state index contributed by atoms with van der Waals surface area (Å²) in [5.74, 6) is 0. The SMILES string of the molecule is Nc1ccccc1-c1cc(Cl)ccc1N. The van der Waals surface area contributed by atoms with Crippen molar-refractivity contribution < 1.29 is 0 Å². The van der Waals surface area contributed by atoms with E-state index in [0.29, 0.717) is 16.4 Å². The predicted octanol–water partition coefficient (Wildman–Crippen LogP) is 3.17. The van der Waals surface area contributed by atoms with Gasteiger partial charge in [0.1, 0.15) is 0 Å². The summed E-state index contributed by atoms with van der Waals surface area (Å²) in [5.41, 5.74) is 14.9. The third-order valence-corrected chi connectivity index (χ3v) is 2.50. The van der Waals surface area contributed by atoms with Gasteiger partial charge in [0.2, 0.25) is 0 Å². The Morgan fingerprint density at radius 3 is 2.20 bits per heavy atom. The first kappa shape index (κ1) is 9.87. The normalized spacial score (nSPS) is 10.2. The lowest BCUT2D eigenvalue weighted by Crippen LogP contribution is -1.93. The highest BCUT2D eigenvalue weighted by molar-refractivity contribution is 6.31. The molecule has 2 nitrogen and oxygen atoms in total. The Bertz CT molecular complexity index is 495. The zero-order valence-electron chi connectivity index (χ0n) is 8.07.